The average Bonchev–Trinajstić information content (AvgIpc) is 1.97. The van der Waals surface area contributed by atoms with Gasteiger partial charge in [0.25, 0.3) is 0 Å². The van der Waals surface area contributed by atoms with Crippen LogP contribution in [0.25, 0.3) is 0 Å². The molecule has 1 N–H and O–H groups in total. The number of rotatable bonds is 7. The fourth-order valence-electron chi connectivity index (χ4n) is 0.956. The molecule has 0 heterocycles. The summed E-state index contributed by atoms with van der Waals surface area (Å²) in [6, 6.07) is 0. The largest absolute Gasteiger partial charge is 0.228 e. The van der Waals surface area contributed by atoms with Crippen LogP contribution in [0.3, 0.4) is 0 Å². The van der Waals surface area contributed by atoms with Crippen molar-refractivity contribution in [2.75, 3.05) is 17.9 Å². The maximum atomic E-state index is 11.2. The Hall–Kier alpha value is 0.150. The monoisotopic (exact) mass is 277 g/mol. The predicted octanol–water partition coefficient (Wildman–Crippen LogP) is 0.315. The molecule has 15 heavy (non-hydrogen) atoms. The van der Waals surface area contributed by atoms with E-state index >= 15 is 0 Å². The van der Waals surface area contributed by atoms with Crippen molar-refractivity contribution >= 4 is 31.5 Å². The van der Waals surface area contributed by atoms with E-state index in [1.54, 1.807) is 0 Å². The van der Waals surface area contributed by atoms with Crippen molar-refractivity contribution < 1.29 is 16.8 Å². The van der Waals surface area contributed by atoms with E-state index < -0.39 is 24.9 Å². The molecule has 92 valence electrons. The summed E-state index contributed by atoms with van der Waals surface area (Å²) in [5.41, 5.74) is 0. The molecule has 1 atom stereocenters. The Morgan fingerprint density at radius 3 is 2.20 bits per heavy atom. The van der Waals surface area contributed by atoms with E-state index in [-0.39, 0.29) is 11.9 Å². The molecule has 0 fully saturated rings. The molecule has 0 saturated heterocycles. The highest BCUT2D eigenvalue weighted by Gasteiger charge is 2.18. The summed E-state index contributed by atoms with van der Waals surface area (Å²) < 4.78 is 46.1. The van der Waals surface area contributed by atoms with Crippen molar-refractivity contribution in [3.05, 3.63) is 0 Å². The van der Waals surface area contributed by atoms with E-state index in [0.29, 0.717) is 6.42 Å². The van der Waals surface area contributed by atoms with Crippen LogP contribution >= 0.6 is 11.6 Å². The average molecular weight is 278 g/mol. The van der Waals surface area contributed by atoms with Gasteiger partial charge in [0.05, 0.1) is 0 Å². The van der Waals surface area contributed by atoms with Gasteiger partial charge in [-0.05, 0) is 6.42 Å². The highest BCUT2D eigenvalue weighted by molar-refractivity contribution is 8.06. The smallest absolute Gasteiger partial charge is 0.226 e. The van der Waals surface area contributed by atoms with Crippen molar-refractivity contribution in [2.24, 2.45) is 0 Å². The topological polar surface area (TPSA) is 80.3 Å². The fraction of sp³-hybridized carbons (Fsp3) is 1.00. The van der Waals surface area contributed by atoms with Gasteiger partial charge in [0.15, 0.2) is 14.9 Å². The van der Waals surface area contributed by atoms with Crippen molar-refractivity contribution in [3.8, 4) is 0 Å². The number of sulfone groups is 1. The Bertz CT molecular complexity index is 376. The molecule has 0 aliphatic heterocycles. The number of alkyl halides is 1. The Kier molecular flexibility index (Phi) is 6.09. The van der Waals surface area contributed by atoms with Crippen molar-refractivity contribution in [3.63, 3.8) is 0 Å². The summed E-state index contributed by atoms with van der Waals surface area (Å²) in [7, 11) is -7.31. The molecule has 0 aliphatic rings. The van der Waals surface area contributed by atoms with Gasteiger partial charge in [-0.15, -0.1) is 11.6 Å². The molecule has 0 saturated carbocycles. The lowest BCUT2D eigenvalue weighted by atomic mass is 10.2. The maximum Gasteiger partial charge on any atom is 0.226 e. The van der Waals surface area contributed by atoms with Gasteiger partial charge in [0.2, 0.25) is 10.0 Å². The zero-order valence-electron chi connectivity index (χ0n) is 8.73. The molecule has 0 radical (unpaired) electrons. The minimum Gasteiger partial charge on any atom is -0.228 e. The second-order valence-electron chi connectivity index (χ2n) is 3.39. The molecule has 8 heteroatoms. The van der Waals surface area contributed by atoms with Gasteiger partial charge in [-0.3, -0.25) is 0 Å². The van der Waals surface area contributed by atoms with E-state index in [0.717, 1.165) is 12.7 Å². The van der Waals surface area contributed by atoms with Crippen molar-refractivity contribution in [2.45, 2.75) is 25.1 Å². The van der Waals surface area contributed by atoms with Crippen LogP contribution in [0.2, 0.25) is 0 Å². The van der Waals surface area contributed by atoms with E-state index in [1.165, 1.54) is 0 Å². The molecule has 0 amide bonds. The standard InChI is InChI=1S/C7H16ClNO4S2/c1-3-4-7(8)5-9-15(12,13)6-14(2,10)11/h7,9H,3-6H2,1-2H3. The predicted molar refractivity (Wildman–Crippen MR) is 61.2 cm³/mol. The normalized spacial score (nSPS) is 15.1. The molecular weight excluding hydrogens is 262 g/mol. The van der Waals surface area contributed by atoms with E-state index in [4.69, 9.17) is 11.6 Å². The van der Waals surface area contributed by atoms with Crippen LogP contribution in [-0.2, 0) is 19.9 Å². The minimum absolute atomic E-state index is 0.0627. The van der Waals surface area contributed by atoms with Gasteiger partial charge in [-0.1, -0.05) is 13.3 Å². The lowest BCUT2D eigenvalue weighted by molar-refractivity contribution is 0.577. The summed E-state index contributed by atoms with van der Waals surface area (Å²) in [4.78, 5) is 0. The highest BCUT2D eigenvalue weighted by atomic mass is 35.5. The molecule has 0 spiro atoms. The molecular formula is C7H16ClNO4S2. The number of hydrogen-bond donors (Lipinski definition) is 1. The fourth-order valence-corrected chi connectivity index (χ4v) is 4.39. The number of hydrogen-bond acceptors (Lipinski definition) is 4. The zero-order valence-corrected chi connectivity index (χ0v) is 11.1. The Balaban J connectivity index is 4.18. The maximum absolute atomic E-state index is 11.2. The second-order valence-corrected chi connectivity index (χ2v) is 8.32. The Morgan fingerprint density at radius 2 is 1.80 bits per heavy atom. The van der Waals surface area contributed by atoms with Crippen molar-refractivity contribution in [1.82, 2.24) is 4.72 Å². The lowest BCUT2D eigenvalue weighted by Gasteiger charge is -2.09. The van der Waals surface area contributed by atoms with Gasteiger partial charge in [-0.2, -0.15) is 0 Å². The van der Waals surface area contributed by atoms with Gasteiger partial charge in [0, 0.05) is 18.2 Å². The van der Waals surface area contributed by atoms with Gasteiger partial charge in [0.1, 0.15) is 0 Å². The van der Waals surface area contributed by atoms with E-state index in [9.17, 15) is 16.8 Å². The summed E-state index contributed by atoms with van der Waals surface area (Å²) in [5, 5.41) is -1.19. The first-order chi connectivity index (χ1) is 6.66. The van der Waals surface area contributed by atoms with Crippen LogP contribution in [0.15, 0.2) is 0 Å². The van der Waals surface area contributed by atoms with E-state index in [1.807, 2.05) is 6.92 Å². The number of halogens is 1. The quantitative estimate of drug-likeness (QED) is 0.680. The van der Waals surface area contributed by atoms with Crippen LogP contribution in [0.1, 0.15) is 19.8 Å². The lowest BCUT2D eigenvalue weighted by Crippen LogP contribution is -2.33. The highest BCUT2D eigenvalue weighted by Crippen LogP contribution is 2.04. The Morgan fingerprint density at radius 1 is 1.27 bits per heavy atom. The molecule has 0 aromatic carbocycles. The zero-order chi connectivity index (χ0) is 12.1. The third kappa shape index (κ3) is 9.10. The number of nitrogens with one attached hydrogen (secondary N) is 1. The van der Waals surface area contributed by atoms with Gasteiger partial charge < -0.3 is 0 Å². The first kappa shape index (κ1) is 15.2. The van der Waals surface area contributed by atoms with Crippen LogP contribution in [0.4, 0.5) is 0 Å². The first-order valence-corrected chi connectivity index (χ1v) is 8.60. The SMILES string of the molecule is CCCC(Cl)CNS(=O)(=O)CS(C)(=O)=O. The molecule has 5 nitrogen and oxygen atoms in total. The summed E-state index contributed by atoms with van der Waals surface area (Å²) in [5.74, 6) is 0. The molecule has 0 bridgehead atoms. The molecule has 1 unspecified atom stereocenters. The summed E-state index contributed by atoms with van der Waals surface area (Å²) in [6.45, 7) is 1.99. The van der Waals surface area contributed by atoms with Crippen LogP contribution < -0.4 is 4.72 Å². The van der Waals surface area contributed by atoms with Gasteiger partial charge in [-0.25, -0.2) is 21.6 Å². The summed E-state index contributed by atoms with van der Waals surface area (Å²) in [6.07, 6.45) is 2.40. The molecule has 0 aliphatic carbocycles. The number of sulfonamides is 1. The second kappa shape index (κ2) is 6.03. The third-order valence-corrected chi connectivity index (χ3v) is 5.43. The molecule has 0 aromatic heterocycles. The van der Waals surface area contributed by atoms with Gasteiger partial charge >= 0.3 is 0 Å². The van der Waals surface area contributed by atoms with Crippen LogP contribution in [0.5, 0.6) is 0 Å². The molecule has 0 rings (SSSR count). The van der Waals surface area contributed by atoms with Crippen LogP contribution in [-0.4, -0.2) is 40.1 Å². The summed E-state index contributed by atoms with van der Waals surface area (Å²) >= 11 is 5.78. The van der Waals surface area contributed by atoms with E-state index in [2.05, 4.69) is 4.72 Å². The Labute approximate surface area is 96.2 Å². The molecule has 0 aromatic rings. The van der Waals surface area contributed by atoms with Crippen LogP contribution in [0, 0.1) is 0 Å². The third-order valence-electron chi connectivity index (χ3n) is 1.50. The minimum atomic E-state index is -3.78. The first-order valence-electron chi connectivity index (χ1n) is 4.45. The van der Waals surface area contributed by atoms with Crippen molar-refractivity contribution in [1.29, 1.82) is 0 Å².